The van der Waals surface area contributed by atoms with Crippen LogP contribution >= 0.6 is 11.8 Å². The van der Waals surface area contributed by atoms with E-state index >= 15 is 0 Å². The molecule has 6 heteroatoms. The van der Waals surface area contributed by atoms with Crippen LogP contribution in [0.5, 0.6) is 0 Å². The Bertz CT molecular complexity index is 562. The number of nitrogens with zero attached hydrogens (tertiary/aromatic N) is 1. The molecular formula is C16H22N2O3S. The van der Waals surface area contributed by atoms with Gasteiger partial charge in [0.05, 0.1) is 18.9 Å². The average molecular weight is 322 g/mol. The van der Waals surface area contributed by atoms with Crippen molar-refractivity contribution >= 4 is 29.3 Å². The number of amides is 2. The van der Waals surface area contributed by atoms with Crippen LogP contribution in [0.2, 0.25) is 0 Å². The minimum absolute atomic E-state index is 0.0343. The third-order valence-electron chi connectivity index (χ3n) is 3.89. The summed E-state index contributed by atoms with van der Waals surface area (Å²) < 4.78 is 4.94. The fraction of sp³-hybridized carbons (Fsp3) is 0.500. The highest BCUT2D eigenvalue weighted by molar-refractivity contribution is 7.99. The molecule has 1 heterocycles. The first kappa shape index (κ1) is 16.8. The first-order valence-corrected chi connectivity index (χ1v) is 8.43. The van der Waals surface area contributed by atoms with Crippen molar-refractivity contribution in [1.82, 2.24) is 4.90 Å². The Hall–Kier alpha value is -1.53. The van der Waals surface area contributed by atoms with Gasteiger partial charge in [-0.3, -0.25) is 9.59 Å². The molecule has 0 spiro atoms. The van der Waals surface area contributed by atoms with Gasteiger partial charge in [0.1, 0.15) is 6.04 Å². The number of benzene rings is 1. The van der Waals surface area contributed by atoms with Crippen LogP contribution < -0.4 is 5.32 Å². The molecule has 1 atom stereocenters. The fourth-order valence-corrected chi connectivity index (χ4v) is 3.52. The summed E-state index contributed by atoms with van der Waals surface area (Å²) in [6.07, 6.45) is 0.310. The monoisotopic (exact) mass is 322 g/mol. The molecule has 0 bridgehead atoms. The van der Waals surface area contributed by atoms with Crippen LogP contribution in [0.25, 0.3) is 0 Å². The van der Waals surface area contributed by atoms with E-state index in [2.05, 4.69) is 5.32 Å². The van der Waals surface area contributed by atoms with Crippen molar-refractivity contribution in [3.8, 4) is 0 Å². The number of carbonyl (C=O) groups is 2. The lowest BCUT2D eigenvalue weighted by atomic mass is 10.1. The van der Waals surface area contributed by atoms with Gasteiger partial charge in [-0.1, -0.05) is 12.1 Å². The van der Waals surface area contributed by atoms with Crippen molar-refractivity contribution in [2.24, 2.45) is 0 Å². The Labute approximate surface area is 135 Å². The second kappa shape index (κ2) is 7.65. The van der Waals surface area contributed by atoms with Gasteiger partial charge in [-0.25, -0.2) is 0 Å². The van der Waals surface area contributed by atoms with E-state index in [1.165, 1.54) is 0 Å². The summed E-state index contributed by atoms with van der Waals surface area (Å²) in [6, 6.07) is 5.41. The van der Waals surface area contributed by atoms with Crippen molar-refractivity contribution in [3.05, 3.63) is 29.3 Å². The topological polar surface area (TPSA) is 58.6 Å². The zero-order valence-corrected chi connectivity index (χ0v) is 14.0. The van der Waals surface area contributed by atoms with E-state index in [0.717, 1.165) is 16.8 Å². The minimum Gasteiger partial charge on any atom is -0.384 e. The number of nitrogens with one attached hydrogen (secondary N) is 1. The smallest absolute Gasteiger partial charge is 0.248 e. The third kappa shape index (κ3) is 3.81. The van der Waals surface area contributed by atoms with Crippen molar-refractivity contribution < 1.29 is 14.3 Å². The van der Waals surface area contributed by atoms with Gasteiger partial charge < -0.3 is 15.0 Å². The molecule has 120 valence electrons. The summed E-state index contributed by atoms with van der Waals surface area (Å²) in [7, 11) is 1.57. The molecule has 1 fully saturated rings. The first-order chi connectivity index (χ1) is 10.5. The molecule has 2 rings (SSSR count). The number of hydrogen-bond acceptors (Lipinski definition) is 4. The van der Waals surface area contributed by atoms with Crippen molar-refractivity contribution in [3.63, 3.8) is 0 Å². The van der Waals surface area contributed by atoms with E-state index in [9.17, 15) is 9.59 Å². The second-order valence-corrected chi connectivity index (χ2v) is 6.36. The molecule has 1 aromatic rings. The van der Waals surface area contributed by atoms with Crippen LogP contribution in [0.1, 0.15) is 17.5 Å². The largest absolute Gasteiger partial charge is 0.384 e. The van der Waals surface area contributed by atoms with E-state index < -0.39 is 6.04 Å². The highest BCUT2D eigenvalue weighted by Crippen LogP contribution is 2.24. The van der Waals surface area contributed by atoms with Gasteiger partial charge in [0.15, 0.2) is 0 Å². The minimum atomic E-state index is -0.408. The molecule has 2 amide bonds. The molecule has 0 aliphatic carbocycles. The predicted molar refractivity (Wildman–Crippen MR) is 89.0 cm³/mol. The number of hydrogen-bond donors (Lipinski definition) is 1. The lowest BCUT2D eigenvalue weighted by Gasteiger charge is -2.23. The number of aryl methyl sites for hydroxylation is 1. The maximum absolute atomic E-state index is 12.5. The molecule has 0 radical (unpaired) electrons. The molecule has 1 aromatic carbocycles. The zero-order chi connectivity index (χ0) is 16.1. The number of anilines is 1. The van der Waals surface area contributed by atoms with Gasteiger partial charge in [0.2, 0.25) is 11.8 Å². The summed E-state index contributed by atoms with van der Waals surface area (Å²) in [4.78, 5) is 26.3. The quantitative estimate of drug-likeness (QED) is 0.903. The SMILES string of the molecule is COCCC(=O)N1CSCC1C(=O)Nc1cccc(C)c1C. The van der Waals surface area contributed by atoms with E-state index in [-0.39, 0.29) is 11.8 Å². The molecule has 1 N–H and O–H groups in total. The summed E-state index contributed by atoms with van der Waals surface area (Å²) in [5.74, 6) is 1.04. The Morgan fingerprint density at radius 3 is 2.91 bits per heavy atom. The standard InChI is InChI=1S/C16H22N2O3S/c1-11-5-4-6-13(12(11)2)17-16(20)14-9-22-10-18(14)15(19)7-8-21-3/h4-6,14H,7-10H2,1-3H3,(H,17,20). The van der Waals surface area contributed by atoms with E-state index in [1.807, 2.05) is 32.0 Å². The summed E-state index contributed by atoms with van der Waals surface area (Å²) >= 11 is 1.60. The number of ether oxygens (including phenoxy) is 1. The van der Waals surface area contributed by atoms with Gasteiger partial charge in [0.25, 0.3) is 0 Å². The third-order valence-corrected chi connectivity index (χ3v) is 4.90. The first-order valence-electron chi connectivity index (χ1n) is 7.28. The van der Waals surface area contributed by atoms with Crippen LogP contribution in [0.3, 0.4) is 0 Å². The Kier molecular flexibility index (Phi) is 5.85. The summed E-state index contributed by atoms with van der Waals surface area (Å²) in [5.41, 5.74) is 3.00. The van der Waals surface area contributed by atoms with Crippen LogP contribution in [-0.4, -0.2) is 48.1 Å². The van der Waals surface area contributed by atoms with Gasteiger partial charge >= 0.3 is 0 Å². The van der Waals surface area contributed by atoms with Crippen molar-refractivity contribution in [1.29, 1.82) is 0 Å². The summed E-state index contributed by atoms with van der Waals surface area (Å²) in [5, 5.41) is 2.96. The Morgan fingerprint density at radius 2 is 2.18 bits per heavy atom. The molecule has 1 aliphatic rings. The second-order valence-electron chi connectivity index (χ2n) is 5.36. The van der Waals surface area contributed by atoms with Crippen molar-refractivity contribution in [2.45, 2.75) is 26.3 Å². The number of carbonyl (C=O) groups excluding carboxylic acids is 2. The van der Waals surface area contributed by atoms with E-state index in [0.29, 0.717) is 24.7 Å². The highest BCUT2D eigenvalue weighted by atomic mass is 32.2. The van der Waals surface area contributed by atoms with E-state index in [1.54, 1.807) is 23.8 Å². The Balaban J connectivity index is 2.05. The van der Waals surface area contributed by atoms with Crippen LogP contribution in [0, 0.1) is 13.8 Å². The molecule has 22 heavy (non-hydrogen) atoms. The molecule has 5 nitrogen and oxygen atoms in total. The van der Waals surface area contributed by atoms with Gasteiger partial charge in [0, 0.05) is 18.6 Å². The van der Waals surface area contributed by atoms with Gasteiger partial charge in [-0.2, -0.15) is 0 Å². The zero-order valence-electron chi connectivity index (χ0n) is 13.2. The number of thioether (sulfide) groups is 1. The van der Waals surface area contributed by atoms with Gasteiger partial charge in [-0.15, -0.1) is 11.8 Å². The molecule has 1 saturated heterocycles. The molecule has 0 saturated carbocycles. The number of methoxy groups -OCH3 is 1. The average Bonchev–Trinajstić information content (AvgIpc) is 2.99. The summed E-state index contributed by atoms with van der Waals surface area (Å²) in [6.45, 7) is 4.37. The lowest BCUT2D eigenvalue weighted by molar-refractivity contribution is -0.136. The van der Waals surface area contributed by atoms with Crippen LogP contribution in [-0.2, 0) is 14.3 Å². The van der Waals surface area contributed by atoms with Crippen LogP contribution in [0.15, 0.2) is 18.2 Å². The van der Waals surface area contributed by atoms with Gasteiger partial charge in [-0.05, 0) is 31.0 Å². The maximum atomic E-state index is 12.5. The van der Waals surface area contributed by atoms with E-state index in [4.69, 9.17) is 4.74 Å². The maximum Gasteiger partial charge on any atom is 0.248 e. The normalized spacial score (nSPS) is 17.6. The predicted octanol–water partition coefficient (Wildman–Crippen LogP) is 2.18. The number of rotatable bonds is 5. The lowest BCUT2D eigenvalue weighted by Crippen LogP contribution is -2.44. The Morgan fingerprint density at radius 1 is 1.41 bits per heavy atom. The fourth-order valence-electron chi connectivity index (χ4n) is 2.34. The molecule has 1 unspecified atom stereocenters. The molecular weight excluding hydrogens is 300 g/mol. The molecule has 0 aromatic heterocycles. The van der Waals surface area contributed by atoms with Crippen LogP contribution in [0.4, 0.5) is 5.69 Å². The molecule has 1 aliphatic heterocycles. The van der Waals surface area contributed by atoms with Crippen molar-refractivity contribution in [2.75, 3.05) is 30.7 Å². The highest BCUT2D eigenvalue weighted by Gasteiger charge is 2.34.